The van der Waals surface area contributed by atoms with Gasteiger partial charge in [0.05, 0.1) is 10.2 Å². The highest BCUT2D eigenvalue weighted by atomic mass is 32.1. The number of pyridine rings is 1. The second-order valence-electron chi connectivity index (χ2n) is 4.11. The van der Waals surface area contributed by atoms with E-state index in [1.165, 1.54) is 9.58 Å². The van der Waals surface area contributed by atoms with Crippen LogP contribution in [0.5, 0.6) is 0 Å². The summed E-state index contributed by atoms with van der Waals surface area (Å²) in [7, 11) is 1.96. The van der Waals surface area contributed by atoms with Crippen molar-refractivity contribution in [2.24, 2.45) is 0 Å². The monoisotopic (exact) mass is 275 g/mol. The number of nitrogens with zero attached hydrogens (tertiary/aromatic N) is 2. The van der Waals surface area contributed by atoms with E-state index >= 15 is 0 Å². The molecule has 1 N–H and O–H groups in total. The molecule has 3 rings (SSSR count). The molecule has 0 amide bonds. The molecule has 3 heterocycles. The first-order valence-electron chi connectivity index (χ1n) is 5.74. The average Bonchev–Trinajstić information content (AvgIpc) is 3.05. The second-order valence-corrected chi connectivity index (χ2v) is 6.12. The minimum absolute atomic E-state index is 0.342. The molecular weight excluding hydrogens is 262 g/mol. The third kappa shape index (κ3) is 2.05. The van der Waals surface area contributed by atoms with E-state index in [1.807, 2.05) is 25.5 Å². The van der Waals surface area contributed by atoms with Crippen molar-refractivity contribution in [3.63, 3.8) is 0 Å². The lowest BCUT2D eigenvalue weighted by atomic mass is 10.3. The van der Waals surface area contributed by atoms with Crippen molar-refractivity contribution in [3.05, 3.63) is 34.8 Å². The molecule has 18 heavy (non-hydrogen) atoms. The normalized spacial score (nSPS) is 13.0. The average molecular weight is 275 g/mol. The van der Waals surface area contributed by atoms with Gasteiger partial charge in [-0.25, -0.2) is 4.98 Å². The Morgan fingerprint density at radius 2 is 2.17 bits per heavy atom. The summed E-state index contributed by atoms with van der Waals surface area (Å²) < 4.78 is 1.21. The quantitative estimate of drug-likeness (QED) is 0.792. The first-order valence-corrected chi connectivity index (χ1v) is 7.44. The maximum absolute atomic E-state index is 4.49. The molecule has 0 aromatic carbocycles. The number of thiazole rings is 1. The largest absolute Gasteiger partial charge is 0.312 e. The van der Waals surface area contributed by atoms with E-state index in [0.29, 0.717) is 6.04 Å². The van der Waals surface area contributed by atoms with Gasteiger partial charge in [-0.1, -0.05) is 0 Å². The van der Waals surface area contributed by atoms with E-state index in [-0.39, 0.29) is 0 Å². The van der Waals surface area contributed by atoms with Crippen LogP contribution in [0.15, 0.2) is 29.9 Å². The highest BCUT2D eigenvalue weighted by molar-refractivity contribution is 7.17. The Hall–Kier alpha value is -1.30. The highest BCUT2D eigenvalue weighted by Gasteiger charge is 2.10. The molecule has 0 radical (unpaired) electrons. The number of hydrogen-bond acceptors (Lipinski definition) is 5. The standard InChI is InChI=1S/C13H13N3S2/c1-8(14-2)12-7-16-13(18-12)9-5-11-10(15-6-9)3-4-17-11/h3-8,14H,1-2H3. The first kappa shape index (κ1) is 11.8. The van der Waals surface area contributed by atoms with Crippen molar-refractivity contribution in [1.82, 2.24) is 15.3 Å². The molecule has 0 fully saturated rings. The van der Waals surface area contributed by atoms with Gasteiger partial charge >= 0.3 is 0 Å². The molecule has 5 heteroatoms. The van der Waals surface area contributed by atoms with Crippen LogP contribution in [0, 0.1) is 0 Å². The first-order chi connectivity index (χ1) is 8.78. The van der Waals surface area contributed by atoms with Crippen LogP contribution in [0.25, 0.3) is 20.8 Å². The Balaban J connectivity index is 2.00. The highest BCUT2D eigenvalue weighted by Crippen LogP contribution is 2.30. The van der Waals surface area contributed by atoms with Gasteiger partial charge in [0.15, 0.2) is 0 Å². The van der Waals surface area contributed by atoms with Crippen LogP contribution in [0.4, 0.5) is 0 Å². The third-order valence-electron chi connectivity index (χ3n) is 2.93. The SMILES string of the molecule is CNC(C)c1cnc(-c2cnc3ccsc3c2)s1. The van der Waals surface area contributed by atoms with Crippen LogP contribution in [0.1, 0.15) is 17.8 Å². The molecule has 3 aromatic rings. The second kappa shape index (κ2) is 4.76. The van der Waals surface area contributed by atoms with E-state index in [2.05, 4.69) is 33.7 Å². The fourth-order valence-corrected chi connectivity index (χ4v) is 3.46. The van der Waals surface area contributed by atoms with Gasteiger partial charge in [-0.15, -0.1) is 22.7 Å². The zero-order valence-electron chi connectivity index (χ0n) is 10.2. The summed E-state index contributed by atoms with van der Waals surface area (Å²) >= 11 is 3.44. The van der Waals surface area contributed by atoms with Crippen molar-refractivity contribution in [1.29, 1.82) is 0 Å². The molecule has 3 nitrogen and oxygen atoms in total. The van der Waals surface area contributed by atoms with Gasteiger partial charge in [-0.2, -0.15) is 0 Å². The molecule has 1 atom stereocenters. The molecule has 0 spiro atoms. The predicted molar refractivity (Wildman–Crippen MR) is 78.2 cm³/mol. The van der Waals surface area contributed by atoms with E-state index in [0.717, 1.165) is 16.1 Å². The Bertz CT molecular complexity index is 671. The van der Waals surface area contributed by atoms with E-state index < -0.39 is 0 Å². The number of aromatic nitrogens is 2. The molecule has 1 unspecified atom stereocenters. The van der Waals surface area contributed by atoms with Crippen LogP contribution < -0.4 is 5.32 Å². The molecule has 0 aliphatic heterocycles. The maximum Gasteiger partial charge on any atom is 0.125 e. The number of thiophene rings is 1. The van der Waals surface area contributed by atoms with Gasteiger partial charge in [-0.05, 0) is 31.5 Å². The summed E-state index contributed by atoms with van der Waals surface area (Å²) in [5, 5.41) is 6.33. The van der Waals surface area contributed by atoms with Gasteiger partial charge in [0, 0.05) is 28.9 Å². The van der Waals surface area contributed by atoms with Gasteiger partial charge in [0.25, 0.3) is 0 Å². The van der Waals surface area contributed by atoms with Gasteiger partial charge in [0.2, 0.25) is 0 Å². The van der Waals surface area contributed by atoms with Crippen LogP contribution >= 0.6 is 22.7 Å². The molecule has 0 aliphatic rings. The Labute approximate surface area is 114 Å². The summed E-state index contributed by atoms with van der Waals surface area (Å²) in [4.78, 5) is 10.2. The Morgan fingerprint density at radius 3 is 3.00 bits per heavy atom. The van der Waals surface area contributed by atoms with Crippen molar-refractivity contribution >= 4 is 32.9 Å². The van der Waals surface area contributed by atoms with Crippen molar-refractivity contribution in [2.45, 2.75) is 13.0 Å². The molecule has 0 saturated heterocycles. The lowest BCUT2D eigenvalue weighted by Gasteiger charge is -2.04. The Morgan fingerprint density at radius 1 is 1.28 bits per heavy atom. The van der Waals surface area contributed by atoms with E-state index in [4.69, 9.17) is 0 Å². The van der Waals surface area contributed by atoms with Crippen LogP contribution in [-0.4, -0.2) is 17.0 Å². The van der Waals surface area contributed by atoms with Gasteiger partial charge in [0.1, 0.15) is 5.01 Å². The summed E-state index contributed by atoms with van der Waals surface area (Å²) in [6, 6.07) is 4.55. The number of hydrogen-bond donors (Lipinski definition) is 1. The fraction of sp³-hybridized carbons (Fsp3) is 0.231. The number of rotatable bonds is 3. The predicted octanol–water partition coefficient (Wildman–Crippen LogP) is 3.70. The van der Waals surface area contributed by atoms with Gasteiger partial charge < -0.3 is 5.32 Å². The maximum atomic E-state index is 4.49. The molecular formula is C13H13N3S2. The topological polar surface area (TPSA) is 37.8 Å². The van der Waals surface area contributed by atoms with Gasteiger partial charge in [-0.3, -0.25) is 4.98 Å². The van der Waals surface area contributed by atoms with Crippen molar-refractivity contribution in [3.8, 4) is 10.6 Å². The zero-order valence-corrected chi connectivity index (χ0v) is 11.8. The molecule has 0 saturated carbocycles. The summed E-state index contributed by atoms with van der Waals surface area (Å²) in [6.45, 7) is 2.14. The minimum Gasteiger partial charge on any atom is -0.312 e. The summed E-state index contributed by atoms with van der Waals surface area (Å²) in [5.74, 6) is 0. The smallest absolute Gasteiger partial charge is 0.125 e. The number of nitrogens with one attached hydrogen (secondary N) is 1. The lowest BCUT2D eigenvalue weighted by molar-refractivity contribution is 0.662. The van der Waals surface area contributed by atoms with Crippen molar-refractivity contribution < 1.29 is 0 Å². The van der Waals surface area contributed by atoms with Crippen LogP contribution in [0.2, 0.25) is 0 Å². The minimum atomic E-state index is 0.342. The fourth-order valence-electron chi connectivity index (χ4n) is 1.73. The molecule has 92 valence electrons. The van der Waals surface area contributed by atoms with Crippen LogP contribution in [0.3, 0.4) is 0 Å². The molecule has 0 bridgehead atoms. The van der Waals surface area contributed by atoms with Crippen LogP contribution in [-0.2, 0) is 0 Å². The molecule has 0 aliphatic carbocycles. The zero-order chi connectivity index (χ0) is 12.5. The summed E-state index contributed by atoms with van der Waals surface area (Å²) in [6.07, 6.45) is 3.85. The van der Waals surface area contributed by atoms with E-state index in [1.54, 1.807) is 22.7 Å². The lowest BCUT2D eigenvalue weighted by Crippen LogP contribution is -2.10. The van der Waals surface area contributed by atoms with E-state index in [9.17, 15) is 0 Å². The number of fused-ring (bicyclic) bond motifs is 1. The summed E-state index contributed by atoms with van der Waals surface area (Å²) in [5.41, 5.74) is 2.16. The molecule has 3 aromatic heterocycles. The third-order valence-corrected chi connectivity index (χ3v) is 5.02. The van der Waals surface area contributed by atoms with Crippen molar-refractivity contribution in [2.75, 3.05) is 7.05 Å². The Kier molecular flexibility index (Phi) is 3.11.